The number of aromatic nitrogens is 4. The molecular formula is C20H30N10O9. The van der Waals surface area contributed by atoms with Crippen LogP contribution in [0.3, 0.4) is 0 Å². The first kappa shape index (κ1) is 28.3. The number of hydrogen-bond donors (Lipinski definition) is 10. The van der Waals surface area contributed by atoms with E-state index in [1.54, 1.807) is 0 Å². The second-order valence-corrected chi connectivity index (χ2v) is 9.26. The third kappa shape index (κ3) is 5.15. The topological polar surface area (TPSA) is 315 Å². The molecule has 2 aromatic heterocycles. The molecule has 4 heterocycles. The van der Waals surface area contributed by atoms with E-state index in [4.69, 9.17) is 32.1 Å². The monoisotopic (exact) mass is 554 g/mol. The second kappa shape index (κ2) is 10.8. The summed E-state index contributed by atoms with van der Waals surface area (Å²) in [6.45, 7) is -0.518. The Bertz CT molecular complexity index is 1250. The van der Waals surface area contributed by atoms with E-state index >= 15 is 0 Å². The molecule has 2 unspecified atom stereocenters. The van der Waals surface area contributed by atoms with Crippen LogP contribution in [0.5, 0.6) is 0 Å². The number of anilines is 1. The van der Waals surface area contributed by atoms with Crippen LogP contribution in [-0.2, 0) is 19.1 Å². The Balaban J connectivity index is 1.60. The number of hydrogen-bond acceptors (Lipinski definition) is 14. The number of fused-ring (bicyclic) bond motifs is 2. The second-order valence-electron chi connectivity index (χ2n) is 9.26. The van der Waals surface area contributed by atoms with Crippen molar-refractivity contribution in [1.29, 1.82) is 5.41 Å². The Hall–Kier alpha value is -3.72. The van der Waals surface area contributed by atoms with E-state index in [0.29, 0.717) is 5.06 Å². The van der Waals surface area contributed by atoms with E-state index in [0.717, 1.165) is 0 Å². The minimum atomic E-state index is -2.42. The van der Waals surface area contributed by atoms with Crippen molar-refractivity contribution < 1.29 is 44.7 Å². The highest BCUT2D eigenvalue weighted by atomic mass is 16.6. The van der Waals surface area contributed by atoms with E-state index < -0.39 is 72.8 Å². The van der Waals surface area contributed by atoms with Crippen LogP contribution in [0.1, 0.15) is 19.1 Å². The average Bonchev–Trinajstić information content (AvgIpc) is 3.43. The molecule has 2 saturated heterocycles. The highest BCUT2D eigenvalue weighted by Gasteiger charge is 2.65. The number of nitrogens with one attached hydrogen (secondary N) is 2. The molecule has 0 saturated carbocycles. The standard InChI is InChI=1S/C20H30N10O9/c21-7(2-1-3-30(37)18(22)23)15(33)27-10(17(34)35)11-12(32)20(36)9(31)5-38-13(20)16(39-11)29-6-26-8-4-25-19(24)28-14(8)29/h4,6-7,9-13,16,31-32,36-37H,1-3,5,21H2,(H3,22,23)(H,27,33)(H,34,35)(H2,24,25,28)/t7?,9-,10?,11+,12+,13-,16+,20-/m0/s1. The van der Waals surface area contributed by atoms with E-state index in [2.05, 4.69) is 20.3 Å². The molecule has 0 spiro atoms. The lowest BCUT2D eigenvalue weighted by atomic mass is 9.79. The number of guanidine groups is 1. The van der Waals surface area contributed by atoms with Crippen LogP contribution in [0.25, 0.3) is 11.2 Å². The largest absolute Gasteiger partial charge is 0.480 e. The van der Waals surface area contributed by atoms with Gasteiger partial charge in [-0.3, -0.25) is 20.0 Å². The maximum Gasteiger partial charge on any atom is 0.329 e. The molecule has 19 heteroatoms. The number of ether oxygens (including phenoxy) is 2. The number of hydroxylamine groups is 2. The molecule has 4 rings (SSSR count). The number of imidazole rings is 1. The van der Waals surface area contributed by atoms with Gasteiger partial charge in [-0.2, -0.15) is 4.98 Å². The van der Waals surface area contributed by atoms with Crippen molar-refractivity contribution in [2.45, 2.75) is 61.2 Å². The smallest absolute Gasteiger partial charge is 0.329 e. The van der Waals surface area contributed by atoms with E-state index in [9.17, 15) is 35.2 Å². The first-order valence-corrected chi connectivity index (χ1v) is 11.8. The Kier molecular flexibility index (Phi) is 7.84. The van der Waals surface area contributed by atoms with E-state index in [1.807, 2.05) is 0 Å². The van der Waals surface area contributed by atoms with Crippen molar-refractivity contribution in [2.24, 2.45) is 11.5 Å². The van der Waals surface area contributed by atoms with Crippen LogP contribution in [0, 0.1) is 5.41 Å². The van der Waals surface area contributed by atoms with Crippen molar-refractivity contribution in [2.75, 3.05) is 18.9 Å². The predicted molar refractivity (Wildman–Crippen MR) is 128 cm³/mol. The fourth-order valence-corrected chi connectivity index (χ4v) is 4.65. The molecule has 0 aliphatic carbocycles. The third-order valence-corrected chi connectivity index (χ3v) is 6.76. The number of aliphatic hydroxyl groups is 3. The van der Waals surface area contributed by atoms with Gasteiger partial charge >= 0.3 is 5.97 Å². The van der Waals surface area contributed by atoms with Gasteiger partial charge in [0.15, 0.2) is 23.5 Å². The van der Waals surface area contributed by atoms with Gasteiger partial charge in [-0.05, 0) is 12.8 Å². The first-order valence-electron chi connectivity index (χ1n) is 11.8. The molecule has 39 heavy (non-hydrogen) atoms. The maximum atomic E-state index is 12.7. The Labute approximate surface area is 219 Å². The number of carboxylic acids is 1. The van der Waals surface area contributed by atoms with Crippen LogP contribution in [0.2, 0.25) is 0 Å². The molecule has 8 atom stereocenters. The molecule has 0 bridgehead atoms. The number of nitrogens with two attached hydrogens (primary N) is 3. The van der Waals surface area contributed by atoms with Crippen molar-refractivity contribution >= 4 is 34.9 Å². The number of carboxylic acid groups (broad SMARTS) is 1. The lowest BCUT2D eigenvalue weighted by Crippen LogP contribution is -2.71. The normalized spacial score (nSPS) is 29.9. The zero-order valence-electron chi connectivity index (χ0n) is 20.4. The molecule has 0 radical (unpaired) electrons. The van der Waals surface area contributed by atoms with E-state index in [-0.39, 0.29) is 36.5 Å². The van der Waals surface area contributed by atoms with Crippen LogP contribution in [-0.4, -0.2) is 123 Å². The Morgan fingerprint density at radius 2 is 2.08 bits per heavy atom. The van der Waals surface area contributed by atoms with Crippen LogP contribution < -0.4 is 22.5 Å². The fourth-order valence-electron chi connectivity index (χ4n) is 4.65. The SMILES string of the molecule is N=C(N)N(O)CCCC(N)C(=O)NC(C(=O)O)[C@H]1O[C@@H](n2cnc3cnc(N)nc32)[C@@H]2OC[C@H](O)[C@]2(O)[C@@H]1O. The molecule has 13 N–H and O–H groups in total. The zero-order chi connectivity index (χ0) is 28.6. The van der Waals surface area contributed by atoms with Crippen molar-refractivity contribution in [3.8, 4) is 0 Å². The summed E-state index contributed by atoms with van der Waals surface area (Å²) in [6, 6.07) is -3.20. The summed E-state index contributed by atoms with van der Waals surface area (Å²) < 4.78 is 12.7. The van der Waals surface area contributed by atoms with Gasteiger partial charge in [0.25, 0.3) is 0 Å². The highest BCUT2D eigenvalue weighted by molar-refractivity contribution is 5.87. The summed E-state index contributed by atoms with van der Waals surface area (Å²) in [5, 5.41) is 62.2. The lowest BCUT2D eigenvalue weighted by molar-refractivity contribution is -0.286. The van der Waals surface area contributed by atoms with Crippen molar-refractivity contribution in [3.63, 3.8) is 0 Å². The first-order chi connectivity index (χ1) is 18.4. The minimum absolute atomic E-state index is 0.0278. The summed E-state index contributed by atoms with van der Waals surface area (Å²) in [4.78, 5) is 37.1. The Morgan fingerprint density at radius 3 is 2.74 bits per heavy atom. The number of amides is 1. The molecule has 0 aromatic carbocycles. The Morgan fingerprint density at radius 1 is 1.36 bits per heavy atom. The molecular weight excluding hydrogens is 524 g/mol. The van der Waals surface area contributed by atoms with Gasteiger partial charge in [-0.25, -0.2) is 19.8 Å². The van der Waals surface area contributed by atoms with Gasteiger partial charge < -0.3 is 52.4 Å². The quantitative estimate of drug-likeness (QED) is 0.0791. The van der Waals surface area contributed by atoms with E-state index in [1.165, 1.54) is 17.1 Å². The molecule has 2 aromatic rings. The number of nitrogen functional groups attached to an aromatic ring is 1. The summed E-state index contributed by atoms with van der Waals surface area (Å²) >= 11 is 0. The van der Waals surface area contributed by atoms with Crippen molar-refractivity contribution in [1.82, 2.24) is 29.9 Å². The minimum Gasteiger partial charge on any atom is -0.480 e. The lowest BCUT2D eigenvalue weighted by Gasteiger charge is -2.48. The summed E-state index contributed by atoms with van der Waals surface area (Å²) in [6.07, 6.45) is -5.61. The zero-order valence-corrected chi connectivity index (χ0v) is 20.4. The number of carbonyl (C=O) groups excluding carboxylic acids is 1. The number of nitrogens with zero attached hydrogens (tertiary/aromatic N) is 5. The van der Waals surface area contributed by atoms with Gasteiger partial charge in [0, 0.05) is 6.54 Å². The molecule has 1 amide bonds. The molecule has 2 aliphatic rings. The summed E-state index contributed by atoms with van der Waals surface area (Å²) in [5.74, 6) is -3.29. The average molecular weight is 555 g/mol. The number of aliphatic hydroxyl groups excluding tert-OH is 2. The predicted octanol–water partition coefficient (Wildman–Crippen LogP) is -4.58. The van der Waals surface area contributed by atoms with Crippen molar-refractivity contribution in [3.05, 3.63) is 12.5 Å². The molecule has 214 valence electrons. The number of aliphatic carboxylic acids is 1. The molecule has 2 aliphatic heterocycles. The van der Waals surface area contributed by atoms with Crippen LogP contribution in [0.4, 0.5) is 5.95 Å². The maximum absolute atomic E-state index is 12.7. The summed E-state index contributed by atoms with van der Waals surface area (Å²) in [7, 11) is 0. The number of carbonyl (C=O) groups is 2. The number of rotatable bonds is 9. The van der Waals surface area contributed by atoms with Gasteiger partial charge in [0.1, 0.15) is 29.9 Å². The van der Waals surface area contributed by atoms with Gasteiger partial charge in [-0.15, -0.1) is 0 Å². The highest BCUT2D eigenvalue weighted by Crippen LogP contribution is 2.44. The van der Waals surface area contributed by atoms with Gasteiger partial charge in [0.05, 0.1) is 25.2 Å². The van der Waals surface area contributed by atoms with Gasteiger partial charge in [0.2, 0.25) is 17.8 Å². The summed E-state index contributed by atoms with van der Waals surface area (Å²) in [5.41, 5.74) is 14.7. The van der Waals surface area contributed by atoms with Crippen LogP contribution in [0.15, 0.2) is 12.5 Å². The molecule has 2 fully saturated rings. The molecule has 19 nitrogen and oxygen atoms in total. The fraction of sp³-hybridized carbons (Fsp3) is 0.600. The third-order valence-electron chi connectivity index (χ3n) is 6.76. The van der Waals surface area contributed by atoms with Gasteiger partial charge in [-0.1, -0.05) is 0 Å². The van der Waals surface area contributed by atoms with Crippen LogP contribution >= 0.6 is 0 Å².